The van der Waals surface area contributed by atoms with E-state index in [9.17, 15) is 13.2 Å². The lowest BCUT2D eigenvalue weighted by molar-refractivity contribution is -0.116. The van der Waals surface area contributed by atoms with Gasteiger partial charge in [-0.3, -0.25) is 4.79 Å². The third-order valence-corrected chi connectivity index (χ3v) is 8.68. The number of anilines is 1. The van der Waals surface area contributed by atoms with Gasteiger partial charge in [-0.25, -0.2) is 8.42 Å². The highest BCUT2D eigenvalue weighted by molar-refractivity contribution is 9.10. The average molecular weight is 577 g/mol. The summed E-state index contributed by atoms with van der Waals surface area (Å²) in [4.78, 5) is 13.3. The number of aryl methyl sites for hydroxylation is 1. The fourth-order valence-corrected chi connectivity index (χ4v) is 6.26. The monoisotopic (exact) mass is 575 g/mol. The number of carbonyl (C=O) groups excluding carboxylic acids is 1. The molecule has 5 aromatic rings. The van der Waals surface area contributed by atoms with Crippen molar-refractivity contribution in [2.75, 3.05) is 11.9 Å². The lowest BCUT2D eigenvalue weighted by Gasteiger charge is -2.22. The predicted molar refractivity (Wildman–Crippen MR) is 152 cm³/mol. The standard InChI is InChI=1S/C29H26BrN3O3S/c1-2-33-27-11-7-6-10-25(27)26-18-23(16-17-28(26)33)31-29(34)20-32(19-21-12-14-22(30)15-13-21)37(35,36)24-8-4-3-5-9-24/h3-18H,2,19-20H2,1H3,(H,31,34). The fourth-order valence-electron chi connectivity index (χ4n) is 4.59. The predicted octanol–water partition coefficient (Wildman–Crippen LogP) is 6.41. The van der Waals surface area contributed by atoms with Crippen LogP contribution in [0.25, 0.3) is 21.8 Å². The summed E-state index contributed by atoms with van der Waals surface area (Å²) in [5, 5.41) is 5.06. The first-order chi connectivity index (χ1) is 17.9. The van der Waals surface area contributed by atoms with Crippen molar-refractivity contribution in [2.24, 2.45) is 0 Å². The molecule has 5 rings (SSSR count). The molecule has 0 radical (unpaired) electrons. The van der Waals surface area contributed by atoms with Gasteiger partial charge in [0, 0.05) is 45.1 Å². The van der Waals surface area contributed by atoms with Gasteiger partial charge in [-0.05, 0) is 61.0 Å². The van der Waals surface area contributed by atoms with Gasteiger partial charge in [0.15, 0.2) is 0 Å². The summed E-state index contributed by atoms with van der Waals surface area (Å²) in [5.74, 6) is -0.407. The van der Waals surface area contributed by atoms with E-state index in [2.05, 4.69) is 44.9 Å². The molecule has 0 saturated carbocycles. The molecule has 0 fully saturated rings. The van der Waals surface area contributed by atoms with E-state index in [4.69, 9.17) is 0 Å². The minimum atomic E-state index is -3.90. The van der Waals surface area contributed by atoms with E-state index in [1.807, 2.05) is 54.6 Å². The van der Waals surface area contributed by atoms with Crippen LogP contribution in [0.1, 0.15) is 12.5 Å². The molecule has 1 aromatic heterocycles. The molecule has 4 aromatic carbocycles. The normalized spacial score (nSPS) is 11.9. The Balaban J connectivity index is 1.43. The Morgan fingerprint density at radius 3 is 2.27 bits per heavy atom. The van der Waals surface area contributed by atoms with Crippen LogP contribution in [0.15, 0.2) is 106 Å². The van der Waals surface area contributed by atoms with Gasteiger partial charge in [0.2, 0.25) is 15.9 Å². The number of hydrogen-bond donors (Lipinski definition) is 1. The number of halogens is 1. The minimum Gasteiger partial charge on any atom is -0.341 e. The topological polar surface area (TPSA) is 71.4 Å². The lowest BCUT2D eigenvalue weighted by atomic mass is 10.1. The number of aromatic nitrogens is 1. The van der Waals surface area contributed by atoms with Crippen LogP contribution in [0.3, 0.4) is 0 Å². The molecule has 0 spiro atoms. The molecular weight excluding hydrogens is 550 g/mol. The Morgan fingerprint density at radius 2 is 1.54 bits per heavy atom. The number of amides is 1. The van der Waals surface area contributed by atoms with Gasteiger partial charge in [-0.1, -0.05) is 64.5 Å². The maximum absolute atomic E-state index is 13.5. The zero-order valence-corrected chi connectivity index (χ0v) is 22.7. The SMILES string of the molecule is CCn1c2ccccc2c2cc(NC(=O)CN(Cc3ccc(Br)cc3)S(=O)(=O)c3ccccc3)ccc21. The van der Waals surface area contributed by atoms with Crippen LogP contribution in [-0.2, 0) is 27.9 Å². The Labute approximate surface area is 224 Å². The second-order valence-corrected chi connectivity index (χ2v) is 11.6. The van der Waals surface area contributed by atoms with Gasteiger partial charge in [0.25, 0.3) is 0 Å². The third kappa shape index (κ3) is 5.18. The number of sulfonamides is 1. The summed E-state index contributed by atoms with van der Waals surface area (Å²) < 4.78 is 31.3. The first-order valence-electron chi connectivity index (χ1n) is 12.0. The van der Waals surface area contributed by atoms with Crippen LogP contribution < -0.4 is 5.32 Å². The van der Waals surface area contributed by atoms with Gasteiger partial charge in [-0.2, -0.15) is 4.31 Å². The molecule has 0 bridgehead atoms. The van der Waals surface area contributed by atoms with Gasteiger partial charge < -0.3 is 9.88 Å². The van der Waals surface area contributed by atoms with Crippen molar-refractivity contribution in [3.05, 3.63) is 107 Å². The van der Waals surface area contributed by atoms with Crippen molar-refractivity contribution < 1.29 is 13.2 Å². The first-order valence-corrected chi connectivity index (χ1v) is 14.2. The van der Waals surface area contributed by atoms with Crippen LogP contribution in [0.5, 0.6) is 0 Å². The molecular formula is C29H26BrN3O3S. The average Bonchev–Trinajstić information content (AvgIpc) is 3.23. The van der Waals surface area contributed by atoms with Crippen molar-refractivity contribution >= 4 is 59.4 Å². The van der Waals surface area contributed by atoms with Crippen molar-refractivity contribution in [3.63, 3.8) is 0 Å². The molecule has 1 heterocycles. The lowest BCUT2D eigenvalue weighted by Crippen LogP contribution is -2.37. The molecule has 6 nitrogen and oxygen atoms in total. The Hall–Kier alpha value is -3.46. The van der Waals surface area contributed by atoms with Crippen LogP contribution >= 0.6 is 15.9 Å². The van der Waals surface area contributed by atoms with Crippen molar-refractivity contribution in [3.8, 4) is 0 Å². The van der Waals surface area contributed by atoms with Crippen LogP contribution in [0.2, 0.25) is 0 Å². The Bertz CT molecular complexity index is 1680. The molecule has 0 aliphatic heterocycles. The number of rotatable bonds is 8. The number of hydrogen-bond acceptors (Lipinski definition) is 3. The Morgan fingerprint density at radius 1 is 0.865 bits per heavy atom. The maximum Gasteiger partial charge on any atom is 0.243 e. The molecule has 188 valence electrons. The molecule has 1 amide bonds. The van der Waals surface area contributed by atoms with Crippen LogP contribution in [-0.4, -0.2) is 29.7 Å². The quantitative estimate of drug-likeness (QED) is 0.232. The van der Waals surface area contributed by atoms with Gasteiger partial charge in [-0.15, -0.1) is 0 Å². The molecule has 0 atom stereocenters. The van der Waals surface area contributed by atoms with Crippen molar-refractivity contribution in [2.45, 2.75) is 24.9 Å². The van der Waals surface area contributed by atoms with E-state index >= 15 is 0 Å². The third-order valence-electron chi connectivity index (χ3n) is 6.35. The van der Waals surface area contributed by atoms with Crippen molar-refractivity contribution in [1.29, 1.82) is 0 Å². The number of para-hydroxylation sites is 1. The maximum atomic E-state index is 13.5. The molecule has 37 heavy (non-hydrogen) atoms. The van der Waals surface area contributed by atoms with E-state index in [0.717, 1.165) is 38.4 Å². The number of nitrogens with zero attached hydrogens (tertiary/aromatic N) is 2. The molecule has 1 N–H and O–H groups in total. The molecule has 8 heteroatoms. The smallest absolute Gasteiger partial charge is 0.243 e. The van der Waals surface area contributed by atoms with E-state index in [0.29, 0.717) is 5.69 Å². The zero-order chi connectivity index (χ0) is 26.0. The highest BCUT2D eigenvalue weighted by Gasteiger charge is 2.27. The summed E-state index contributed by atoms with van der Waals surface area (Å²) in [5.41, 5.74) is 3.63. The second kappa shape index (κ2) is 10.5. The molecule has 0 saturated heterocycles. The van der Waals surface area contributed by atoms with E-state index in [1.54, 1.807) is 30.3 Å². The van der Waals surface area contributed by atoms with E-state index < -0.39 is 15.9 Å². The number of benzene rings is 4. The summed E-state index contributed by atoms with van der Waals surface area (Å²) in [6.07, 6.45) is 0. The molecule has 0 unspecified atom stereocenters. The molecule has 0 aliphatic carbocycles. The van der Waals surface area contributed by atoms with Crippen molar-refractivity contribution in [1.82, 2.24) is 8.87 Å². The molecule has 0 aliphatic rings. The minimum absolute atomic E-state index is 0.0704. The van der Waals surface area contributed by atoms with Gasteiger partial charge in [0.05, 0.1) is 11.4 Å². The summed E-state index contributed by atoms with van der Waals surface area (Å²) in [6, 6.07) is 29.6. The second-order valence-electron chi connectivity index (χ2n) is 8.75. The summed E-state index contributed by atoms with van der Waals surface area (Å²) in [7, 11) is -3.90. The summed E-state index contributed by atoms with van der Waals surface area (Å²) >= 11 is 3.41. The number of fused-ring (bicyclic) bond motifs is 3. The van der Waals surface area contributed by atoms with Gasteiger partial charge >= 0.3 is 0 Å². The fraction of sp³-hybridized carbons (Fsp3) is 0.138. The summed E-state index contributed by atoms with van der Waals surface area (Å²) in [6.45, 7) is 2.69. The van der Waals surface area contributed by atoms with Gasteiger partial charge in [0.1, 0.15) is 0 Å². The van der Waals surface area contributed by atoms with E-state index in [-0.39, 0.29) is 18.0 Å². The Kier molecular flexibility index (Phi) is 7.15. The largest absolute Gasteiger partial charge is 0.341 e. The highest BCUT2D eigenvalue weighted by atomic mass is 79.9. The first kappa shape index (κ1) is 25.2. The van der Waals surface area contributed by atoms with Crippen LogP contribution in [0.4, 0.5) is 5.69 Å². The van der Waals surface area contributed by atoms with E-state index in [1.165, 1.54) is 4.31 Å². The zero-order valence-electron chi connectivity index (χ0n) is 20.3. The highest BCUT2D eigenvalue weighted by Crippen LogP contribution is 2.31. The number of carbonyl (C=O) groups is 1. The number of nitrogens with one attached hydrogen (secondary N) is 1. The van der Waals surface area contributed by atoms with Crippen LogP contribution in [0, 0.1) is 0 Å².